The summed E-state index contributed by atoms with van der Waals surface area (Å²) in [6, 6.07) is 0. The van der Waals surface area contributed by atoms with Gasteiger partial charge in [-0.2, -0.15) is 13.2 Å². The lowest BCUT2D eigenvalue weighted by Gasteiger charge is -2.34. The van der Waals surface area contributed by atoms with Gasteiger partial charge in [0.2, 0.25) is 0 Å². The molecule has 1 N–H and O–H groups in total. The Kier molecular flexibility index (Phi) is 4.65. The molecule has 1 fully saturated rings. The van der Waals surface area contributed by atoms with E-state index in [1.54, 1.807) is 0 Å². The topological polar surface area (TPSA) is 20.2 Å². The number of hydrogen-bond donors (Lipinski definition) is 1. The Hall–Kier alpha value is -0.250. The minimum atomic E-state index is -4.14. The zero-order chi connectivity index (χ0) is 12.3. The molecule has 4 heteroatoms. The first-order valence-electron chi connectivity index (χ1n) is 6.04. The maximum Gasteiger partial charge on any atom is 0.389 e. The van der Waals surface area contributed by atoms with Crippen LogP contribution < -0.4 is 0 Å². The maximum absolute atomic E-state index is 12.0. The van der Waals surface area contributed by atoms with Gasteiger partial charge >= 0.3 is 6.18 Å². The number of halogens is 3. The second-order valence-electron chi connectivity index (χ2n) is 5.25. The van der Waals surface area contributed by atoms with Crippen LogP contribution in [0.4, 0.5) is 13.2 Å². The standard InChI is InChI=1S/C12H21F3O/c1-8-3-4-10(7-9(8)2)11(16)5-6-12(13,14)15/h8-11,16H,3-7H2,1-2H3. The molecule has 4 unspecified atom stereocenters. The van der Waals surface area contributed by atoms with Gasteiger partial charge in [0.25, 0.3) is 0 Å². The van der Waals surface area contributed by atoms with Gasteiger partial charge in [0.1, 0.15) is 0 Å². The summed E-state index contributed by atoms with van der Waals surface area (Å²) in [5.41, 5.74) is 0. The molecule has 1 nitrogen and oxygen atoms in total. The molecule has 4 atom stereocenters. The lowest BCUT2D eigenvalue weighted by molar-refractivity contribution is -0.142. The molecule has 0 aromatic carbocycles. The van der Waals surface area contributed by atoms with Crippen molar-refractivity contribution in [2.45, 2.75) is 58.2 Å². The van der Waals surface area contributed by atoms with E-state index in [1.165, 1.54) is 0 Å². The van der Waals surface area contributed by atoms with Gasteiger partial charge in [0.05, 0.1) is 6.10 Å². The average molecular weight is 238 g/mol. The van der Waals surface area contributed by atoms with Crippen molar-refractivity contribution < 1.29 is 18.3 Å². The number of aliphatic hydroxyl groups excluding tert-OH is 1. The maximum atomic E-state index is 12.0. The molecule has 0 amide bonds. The van der Waals surface area contributed by atoms with Gasteiger partial charge in [-0.3, -0.25) is 0 Å². The molecule has 1 saturated carbocycles. The Morgan fingerprint density at radius 2 is 1.81 bits per heavy atom. The van der Waals surface area contributed by atoms with Crippen molar-refractivity contribution in [1.82, 2.24) is 0 Å². The third-order valence-electron chi connectivity index (χ3n) is 3.91. The summed E-state index contributed by atoms with van der Waals surface area (Å²) in [4.78, 5) is 0. The molecule has 0 aromatic rings. The Labute approximate surface area is 95.0 Å². The van der Waals surface area contributed by atoms with E-state index in [4.69, 9.17) is 0 Å². The molecule has 0 heterocycles. The SMILES string of the molecule is CC1CCC(C(O)CCC(F)(F)F)CC1C. The predicted molar refractivity (Wildman–Crippen MR) is 57.0 cm³/mol. The normalized spacial score (nSPS) is 33.8. The highest BCUT2D eigenvalue weighted by Crippen LogP contribution is 2.36. The zero-order valence-electron chi connectivity index (χ0n) is 9.93. The van der Waals surface area contributed by atoms with E-state index in [0.29, 0.717) is 11.8 Å². The van der Waals surface area contributed by atoms with Crippen LogP contribution in [0.5, 0.6) is 0 Å². The van der Waals surface area contributed by atoms with Crippen LogP contribution >= 0.6 is 0 Å². The fourth-order valence-corrected chi connectivity index (χ4v) is 2.49. The predicted octanol–water partition coefficient (Wildman–Crippen LogP) is 3.76. The quantitative estimate of drug-likeness (QED) is 0.793. The smallest absolute Gasteiger partial charge is 0.389 e. The fourth-order valence-electron chi connectivity index (χ4n) is 2.49. The molecule has 16 heavy (non-hydrogen) atoms. The minimum Gasteiger partial charge on any atom is -0.393 e. The summed E-state index contributed by atoms with van der Waals surface area (Å²) >= 11 is 0. The Morgan fingerprint density at radius 1 is 1.19 bits per heavy atom. The highest BCUT2D eigenvalue weighted by Gasteiger charge is 2.33. The van der Waals surface area contributed by atoms with Gasteiger partial charge in [-0.05, 0) is 37.0 Å². The molecule has 96 valence electrons. The van der Waals surface area contributed by atoms with E-state index in [1.807, 2.05) is 0 Å². The second kappa shape index (κ2) is 5.39. The average Bonchev–Trinajstić information content (AvgIpc) is 2.17. The van der Waals surface area contributed by atoms with Gasteiger partial charge < -0.3 is 5.11 Å². The fraction of sp³-hybridized carbons (Fsp3) is 1.00. The Bertz CT molecular complexity index is 215. The van der Waals surface area contributed by atoms with Crippen LogP contribution in [0.15, 0.2) is 0 Å². The molecule has 0 spiro atoms. The van der Waals surface area contributed by atoms with Gasteiger partial charge in [0.15, 0.2) is 0 Å². The molecule has 1 rings (SSSR count). The lowest BCUT2D eigenvalue weighted by Crippen LogP contribution is -2.30. The van der Waals surface area contributed by atoms with E-state index in [2.05, 4.69) is 13.8 Å². The first kappa shape index (κ1) is 13.8. The first-order chi connectivity index (χ1) is 7.29. The van der Waals surface area contributed by atoms with Crippen LogP contribution in [0.25, 0.3) is 0 Å². The summed E-state index contributed by atoms with van der Waals surface area (Å²) in [6.45, 7) is 4.29. The number of hydrogen-bond acceptors (Lipinski definition) is 1. The summed E-state index contributed by atoms with van der Waals surface area (Å²) in [7, 11) is 0. The van der Waals surface area contributed by atoms with Crippen molar-refractivity contribution in [1.29, 1.82) is 0 Å². The minimum absolute atomic E-state index is 0.0635. The number of rotatable bonds is 3. The van der Waals surface area contributed by atoms with E-state index in [0.717, 1.165) is 19.3 Å². The highest BCUT2D eigenvalue weighted by molar-refractivity contribution is 4.80. The molecule has 0 aromatic heterocycles. The Balaban J connectivity index is 2.34. The third-order valence-corrected chi connectivity index (χ3v) is 3.91. The van der Waals surface area contributed by atoms with E-state index < -0.39 is 18.7 Å². The second-order valence-corrected chi connectivity index (χ2v) is 5.25. The lowest BCUT2D eigenvalue weighted by atomic mass is 9.73. The largest absolute Gasteiger partial charge is 0.393 e. The van der Waals surface area contributed by atoms with Crippen LogP contribution in [0, 0.1) is 17.8 Å². The summed E-state index contributed by atoms with van der Waals surface area (Å²) in [5.74, 6) is 1.21. The van der Waals surface area contributed by atoms with Gasteiger partial charge in [-0.25, -0.2) is 0 Å². The van der Waals surface area contributed by atoms with Crippen molar-refractivity contribution in [3.63, 3.8) is 0 Å². The first-order valence-corrected chi connectivity index (χ1v) is 6.04. The van der Waals surface area contributed by atoms with Gasteiger partial charge in [-0.1, -0.05) is 20.3 Å². The van der Waals surface area contributed by atoms with Crippen molar-refractivity contribution in [3.05, 3.63) is 0 Å². The van der Waals surface area contributed by atoms with Gasteiger partial charge in [-0.15, -0.1) is 0 Å². The van der Waals surface area contributed by atoms with E-state index in [9.17, 15) is 18.3 Å². The van der Waals surface area contributed by atoms with Crippen LogP contribution in [0.2, 0.25) is 0 Å². The molecule has 0 radical (unpaired) electrons. The highest BCUT2D eigenvalue weighted by atomic mass is 19.4. The van der Waals surface area contributed by atoms with Crippen molar-refractivity contribution in [2.75, 3.05) is 0 Å². The van der Waals surface area contributed by atoms with Gasteiger partial charge in [0, 0.05) is 6.42 Å². The third kappa shape index (κ3) is 4.32. The van der Waals surface area contributed by atoms with E-state index >= 15 is 0 Å². The molecule has 1 aliphatic rings. The number of alkyl halides is 3. The molecule has 0 saturated heterocycles. The molecule has 0 bridgehead atoms. The Morgan fingerprint density at radius 3 is 2.31 bits per heavy atom. The number of aliphatic hydroxyl groups is 1. The summed E-state index contributed by atoms with van der Waals surface area (Å²) in [5, 5.41) is 9.74. The summed E-state index contributed by atoms with van der Waals surface area (Å²) < 4.78 is 36.0. The molecule has 1 aliphatic carbocycles. The zero-order valence-corrected chi connectivity index (χ0v) is 9.93. The van der Waals surface area contributed by atoms with Crippen molar-refractivity contribution in [3.8, 4) is 0 Å². The van der Waals surface area contributed by atoms with Crippen LogP contribution in [0.3, 0.4) is 0 Å². The molecule has 0 aliphatic heterocycles. The van der Waals surface area contributed by atoms with Crippen LogP contribution in [-0.2, 0) is 0 Å². The van der Waals surface area contributed by atoms with Crippen LogP contribution in [0.1, 0.15) is 46.0 Å². The van der Waals surface area contributed by atoms with Crippen molar-refractivity contribution >= 4 is 0 Å². The van der Waals surface area contributed by atoms with Crippen molar-refractivity contribution in [2.24, 2.45) is 17.8 Å². The van der Waals surface area contributed by atoms with Crippen LogP contribution in [-0.4, -0.2) is 17.4 Å². The molecular weight excluding hydrogens is 217 g/mol. The monoisotopic (exact) mass is 238 g/mol. The summed E-state index contributed by atoms with van der Waals surface area (Å²) in [6.07, 6.45) is -3.19. The molecular formula is C12H21F3O. The van der Waals surface area contributed by atoms with E-state index in [-0.39, 0.29) is 12.3 Å².